The molecule has 0 amide bonds. The summed E-state index contributed by atoms with van der Waals surface area (Å²) in [5.74, 6) is 0. The van der Waals surface area contributed by atoms with Gasteiger partial charge in [0.1, 0.15) is 0 Å². The van der Waals surface area contributed by atoms with Gasteiger partial charge in [-0.3, -0.25) is 0 Å². The van der Waals surface area contributed by atoms with Crippen LogP contribution < -0.4 is 0 Å². The predicted octanol–water partition coefficient (Wildman–Crippen LogP) is 23.5. The topological polar surface area (TPSA) is 33.6 Å². The van der Waals surface area contributed by atoms with Crippen molar-refractivity contribution in [3.8, 4) is 84.2 Å². The van der Waals surface area contributed by atoms with Crippen molar-refractivity contribution >= 4 is 43.6 Å². The van der Waals surface area contributed by atoms with Crippen LogP contribution in [0.1, 0.15) is 83.5 Å². The zero-order valence-corrected chi connectivity index (χ0v) is 52.4. The van der Waals surface area contributed by atoms with Crippen LogP contribution in [0.5, 0.6) is 0 Å². The van der Waals surface area contributed by atoms with Crippen molar-refractivity contribution in [3.05, 3.63) is 259 Å². The van der Waals surface area contributed by atoms with E-state index in [1.165, 1.54) is 11.1 Å². The molecule has 0 fully saturated rings. The molecule has 0 unspecified atom stereocenters. The maximum atomic E-state index is 14.8. The Morgan fingerprint density at radius 2 is 0.567 bits per heavy atom. The van der Waals surface area contributed by atoms with E-state index in [0.717, 1.165) is 156 Å². The predicted molar refractivity (Wildman–Crippen MR) is 359 cm³/mol. The molecule has 0 aliphatic heterocycles. The third-order valence-corrected chi connectivity index (χ3v) is 18.2. The van der Waals surface area contributed by atoms with E-state index in [-0.39, 0.29) is 17.2 Å². The summed E-state index contributed by atoms with van der Waals surface area (Å²) in [6, 6.07) is 58.1. The highest BCUT2D eigenvalue weighted by atomic mass is 19.4. The summed E-state index contributed by atoms with van der Waals surface area (Å²) in [4.78, 5) is 0. The van der Waals surface area contributed by atoms with Crippen molar-refractivity contribution in [1.82, 2.24) is 9.13 Å². The van der Waals surface area contributed by atoms with E-state index in [0.29, 0.717) is 28.1 Å². The van der Waals surface area contributed by atoms with E-state index < -0.39 is 23.5 Å². The zero-order valence-electron chi connectivity index (χ0n) is 52.4. The van der Waals surface area contributed by atoms with Gasteiger partial charge in [-0.05, 0) is 280 Å². The number of benzene rings is 11. The minimum absolute atomic E-state index is 0.115. The molecule has 13 aromatic rings. The van der Waals surface area contributed by atoms with Crippen LogP contribution in [-0.4, -0.2) is 9.13 Å². The fourth-order valence-electron chi connectivity index (χ4n) is 15.0. The Bertz CT molecular complexity index is 4890. The minimum atomic E-state index is -5.09. The Kier molecular flexibility index (Phi) is 14.2. The zero-order chi connectivity index (χ0) is 63.7. The Labute approximate surface area is 520 Å². The van der Waals surface area contributed by atoms with Crippen LogP contribution in [0.2, 0.25) is 0 Å². The van der Waals surface area contributed by atoms with Gasteiger partial charge in [0.25, 0.3) is 0 Å². The number of alkyl halides is 6. The normalized spacial score (nSPS) is 12.1. The number of nitriles is 1. The smallest absolute Gasteiger partial charge is 0.309 e. The van der Waals surface area contributed by atoms with Crippen LogP contribution in [0.4, 0.5) is 26.3 Å². The van der Waals surface area contributed by atoms with Crippen LogP contribution >= 0.6 is 0 Å². The molecule has 9 heteroatoms. The average molecular weight is 1190 g/mol. The summed E-state index contributed by atoms with van der Waals surface area (Å²) in [6.07, 6.45) is -10.2. The number of fused-ring (bicyclic) bond motifs is 6. The molecule has 13 rings (SSSR count). The molecule has 0 atom stereocenters. The molecule has 11 aromatic carbocycles. The molecule has 0 bridgehead atoms. The number of aryl methyl sites for hydroxylation is 12. The first kappa shape index (κ1) is 59.1. The Hall–Kier alpha value is -9.91. The second kappa shape index (κ2) is 21.7. The van der Waals surface area contributed by atoms with Crippen molar-refractivity contribution in [3.63, 3.8) is 0 Å². The number of nitrogens with zero attached hydrogens (tertiary/aromatic N) is 3. The van der Waals surface area contributed by atoms with Gasteiger partial charge in [-0.2, -0.15) is 31.6 Å². The van der Waals surface area contributed by atoms with E-state index in [4.69, 9.17) is 0 Å². The summed E-state index contributed by atoms with van der Waals surface area (Å²) >= 11 is 0. The van der Waals surface area contributed by atoms with Gasteiger partial charge in [-0.25, -0.2) is 0 Å². The van der Waals surface area contributed by atoms with Crippen molar-refractivity contribution < 1.29 is 26.3 Å². The Morgan fingerprint density at radius 3 is 0.856 bits per heavy atom. The molecule has 0 radical (unpaired) electrons. The molecular weight excluding hydrogens is 1130 g/mol. The Balaban J connectivity index is 1.15. The lowest BCUT2D eigenvalue weighted by Gasteiger charge is -2.21. The van der Waals surface area contributed by atoms with Crippen molar-refractivity contribution in [2.75, 3.05) is 0 Å². The van der Waals surface area contributed by atoms with E-state index in [2.05, 4.69) is 220 Å². The van der Waals surface area contributed by atoms with Crippen LogP contribution in [0.3, 0.4) is 0 Å². The highest BCUT2D eigenvalue weighted by Gasteiger charge is 2.37. The lowest BCUT2D eigenvalue weighted by atomic mass is 9.91. The molecule has 0 N–H and O–H groups in total. The van der Waals surface area contributed by atoms with Crippen molar-refractivity contribution in [2.45, 2.75) is 95.4 Å². The first-order valence-electron chi connectivity index (χ1n) is 30.2. The number of hydrogen-bond donors (Lipinski definition) is 0. The first-order chi connectivity index (χ1) is 42.7. The number of hydrogen-bond acceptors (Lipinski definition) is 1. The van der Waals surface area contributed by atoms with Crippen LogP contribution in [0, 0.1) is 94.4 Å². The van der Waals surface area contributed by atoms with Crippen LogP contribution in [0.15, 0.2) is 176 Å². The van der Waals surface area contributed by atoms with Gasteiger partial charge >= 0.3 is 12.4 Å². The lowest BCUT2D eigenvalue weighted by molar-refractivity contribution is -0.143. The van der Waals surface area contributed by atoms with Crippen molar-refractivity contribution in [2.24, 2.45) is 0 Å². The highest BCUT2D eigenvalue weighted by Crippen LogP contribution is 2.48. The summed E-state index contributed by atoms with van der Waals surface area (Å²) in [5.41, 5.74) is 25.2. The fourth-order valence-corrected chi connectivity index (χ4v) is 15.0. The second-order valence-corrected chi connectivity index (χ2v) is 25.1. The standard InChI is InChI=1S/C81H65F6N3/c1-43-25-47(5)76(48(6)26-43)57-15-21-72-66(37-57)67-38-58(77-49(7)27-44(2)28-50(77)8)16-22-73(67)89(72)70-19-13-55(42-88)33-64(70)65-36-56(61-34-62(80(82,83)84)41-63(35-61)81(85,86)87)14-20-71(65)90-74-23-17-59(78-51(9)29-45(3)30-52(78)10)39-68(74)69-40-60(18-24-75(69)90)79-53(11)31-46(4)32-54(79)12/h13-41H,1-12H3. The molecule has 2 aromatic heterocycles. The lowest BCUT2D eigenvalue weighted by Crippen LogP contribution is -2.11. The molecule has 0 aliphatic rings. The Morgan fingerprint density at radius 1 is 0.289 bits per heavy atom. The second-order valence-electron chi connectivity index (χ2n) is 25.1. The maximum Gasteiger partial charge on any atom is 0.416 e. The fraction of sp³-hybridized carbons (Fsp3) is 0.173. The van der Waals surface area contributed by atoms with Gasteiger partial charge in [-0.15, -0.1) is 0 Å². The first-order valence-corrected chi connectivity index (χ1v) is 30.2. The van der Waals surface area contributed by atoms with Gasteiger partial charge in [0.2, 0.25) is 0 Å². The van der Waals surface area contributed by atoms with Gasteiger partial charge in [0, 0.05) is 32.7 Å². The molecule has 0 aliphatic carbocycles. The van der Waals surface area contributed by atoms with E-state index in [9.17, 15) is 31.6 Å². The van der Waals surface area contributed by atoms with Gasteiger partial charge in [0.05, 0.1) is 56.2 Å². The molecule has 446 valence electrons. The van der Waals surface area contributed by atoms with E-state index in [1.807, 2.05) is 6.07 Å². The van der Waals surface area contributed by atoms with E-state index >= 15 is 0 Å². The summed E-state index contributed by atoms with van der Waals surface area (Å²) in [5, 5.41) is 14.7. The molecule has 90 heavy (non-hydrogen) atoms. The summed E-state index contributed by atoms with van der Waals surface area (Å²) < 4.78 is 93.4. The summed E-state index contributed by atoms with van der Waals surface area (Å²) in [7, 11) is 0. The van der Waals surface area contributed by atoms with E-state index in [1.54, 1.807) is 30.3 Å². The molecular formula is C81H65F6N3. The molecule has 0 spiro atoms. The van der Waals surface area contributed by atoms with Gasteiger partial charge < -0.3 is 9.13 Å². The third-order valence-electron chi connectivity index (χ3n) is 18.2. The number of halogens is 6. The third kappa shape index (κ3) is 10.1. The number of aromatic nitrogens is 2. The summed E-state index contributed by atoms with van der Waals surface area (Å²) in [6.45, 7) is 25.4. The maximum absolute atomic E-state index is 14.8. The quantitative estimate of drug-likeness (QED) is 0.140. The average Bonchev–Trinajstić information content (AvgIpc) is 1.54. The molecule has 3 nitrogen and oxygen atoms in total. The molecule has 0 saturated heterocycles. The van der Waals surface area contributed by atoms with Gasteiger partial charge in [0.15, 0.2) is 0 Å². The number of rotatable bonds is 8. The minimum Gasteiger partial charge on any atom is -0.309 e. The highest BCUT2D eigenvalue weighted by molar-refractivity contribution is 6.14. The monoisotopic (exact) mass is 1190 g/mol. The van der Waals surface area contributed by atoms with Crippen LogP contribution in [-0.2, 0) is 12.4 Å². The largest absolute Gasteiger partial charge is 0.416 e. The molecule has 0 saturated carbocycles. The van der Waals surface area contributed by atoms with Crippen LogP contribution in [0.25, 0.3) is 122 Å². The van der Waals surface area contributed by atoms with Gasteiger partial charge in [-0.1, -0.05) is 101 Å². The van der Waals surface area contributed by atoms with Crippen molar-refractivity contribution in [1.29, 1.82) is 5.26 Å². The molecule has 2 heterocycles. The SMILES string of the molecule is Cc1cc(C)c(-c2ccc3c(c2)c2cc(-c4c(C)cc(C)cc4C)ccc2n3-c2ccc(C#N)cc2-c2cc(-c3cc(C(F)(F)F)cc(C(F)(F)F)c3)ccc2-n2c3ccc(-c4c(C)cc(C)cc4C)cc3c3cc(-c4c(C)cc(C)cc4C)ccc32)c(C)c1.